The smallest absolute Gasteiger partial charge is 0.323 e. The molecule has 0 saturated heterocycles. The van der Waals surface area contributed by atoms with Gasteiger partial charge >= 0.3 is 12.0 Å². The fourth-order valence-electron chi connectivity index (χ4n) is 4.02. The summed E-state index contributed by atoms with van der Waals surface area (Å²) in [7, 11) is 0. The minimum atomic E-state index is -0.833. The molecule has 0 fully saturated rings. The average molecular weight is 497 g/mol. The molecule has 3 aromatic carbocycles. The summed E-state index contributed by atoms with van der Waals surface area (Å²) in [5, 5.41) is 14.6. The van der Waals surface area contributed by atoms with E-state index in [2.05, 4.69) is 15.6 Å². The Bertz CT molecular complexity index is 1460. The number of benzene rings is 3. The number of aromatic nitrogens is 2. The zero-order valence-corrected chi connectivity index (χ0v) is 20.6. The maximum Gasteiger partial charge on any atom is 0.323 e. The zero-order chi connectivity index (χ0) is 26.4. The Kier molecular flexibility index (Phi) is 7.78. The molecule has 188 valence electrons. The molecule has 0 bridgehead atoms. The van der Waals surface area contributed by atoms with Crippen LogP contribution < -0.4 is 16.2 Å². The third-order valence-electron chi connectivity index (χ3n) is 6.13. The molecule has 37 heavy (non-hydrogen) atoms. The Labute approximate surface area is 214 Å². The molecule has 0 radical (unpaired) electrons. The topological polar surface area (TPSA) is 113 Å². The Morgan fingerprint density at radius 1 is 0.973 bits per heavy atom. The molecule has 4 aromatic rings. The molecule has 0 aliphatic rings. The molecule has 0 aliphatic heterocycles. The monoisotopic (exact) mass is 496 g/mol. The van der Waals surface area contributed by atoms with E-state index in [-0.39, 0.29) is 23.9 Å². The predicted molar refractivity (Wildman–Crippen MR) is 144 cm³/mol. The van der Waals surface area contributed by atoms with Gasteiger partial charge in [-0.25, -0.2) is 9.78 Å². The summed E-state index contributed by atoms with van der Waals surface area (Å²) in [6, 6.07) is 21.8. The van der Waals surface area contributed by atoms with Crippen molar-refractivity contribution < 1.29 is 14.7 Å². The summed E-state index contributed by atoms with van der Waals surface area (Å²) >= 11 is 0. The summed E-state index contributed by atoms with van der Waals surface area (Å²) in [5.74, 6) is -0.925. The van der Waals surface area contributed by atoms with Crippen LogP contribution in [0.1, 0.15) is 36.0 Å². The van der Waals surface area contributed by atoms with Crippen molar-refractivity contribution in [2.24, 2.45) is 0 Å². The highest BCUT2D eigenvalue weighted by Crippen LogP contribution is 2.21. The van der Waals surface area contributed by atoms with Gasteiger partial charge in [-0.05, 0) is 53.3 Å². The lowest BCUT2D eigenvalue weighted by atomic mass is 9.97. The summed E-state index contributed by atoms with van der Waals surface area (Å²) in [4.78, 5) is 40.7. The molecule has 1 aromatic heterocycles. The molecule has 0 saturated carbocycles. The second kappa shape index (κ2) is 11.3. The van der Waals surface area contributed by atoms with Crippen molar-refractivity contribution in [3.8, 4) is 11.1 Å². The third kappa shape index (κ3) is 6.49. The quantitative estimate of drug-likeness (QED) is 0.299. The van der Waals surface area contributed by atoms with E-state index in [9.17, 15) is 14.4 Å². The van der Waals surface area contributed by atoms with E-state index in [1.165, 1.54) is 17.1 Å². The standard InChI is InChI=1S/C29H28N4O4/c1-19-5-3-4-6-26(19)32-29(37)31-24-13-11-23(12-14-24)25-16-30-18-33(28(25)36)17-21-7-9-22(10-8-21)20(2)15-27(34)35/h3-14,16,18,20H,15,17H2,1-2H3,(H,34,35)(H2,31,32,37)/t20-/m1/s1. The van der Waals surface area contributed by atoms with Crippen LogP contribution >= 0.6 is 0 Å². The molecule has 3 N–H and O–H groups in total. The molecule has 8 heteroatoms. The number of rotatable bonds is 8. The largest absolute Gasteiger partial charge is 0.481 e. The molecular formula is C29H28N4O4. The highest BCUT2D eigenvalue weighted by atomic mass is 16.4. The van der Waals surface area contributed by atoms with Crippen LogP contribution in [0.3, 0.4) is 0 Å². The van der Waals surface area contributed by atoms with Crippen molar-refractivity contribution in [3.63, 3.8) is 0 Å². The number of carboxylic acids is 1. The van der Waals surface area contributed by atoms with Gasteiger partial charge in [-0.2, -0.15) is 0 Å². The number of carbonyl (C=O) groups is 2. The molecule has 1 heterocycles. The normalized spacial score (nSPS) is 11.5. The number of carboxylic acid groups (broad SMARTS) is 1. The van der Waals surface area contributed by atoms with Gasteiger partial charge in [0.1, 0.15) is 0 Å². The van der Waals surface area contributed by atoms with Crippen LogP contribution in [0.15, 0.2) is 90.1 Å². The van der Waals surface area contributed by atoms with E-state index < -0.39 is 5.97 Å². The van der Waals surface area contributed by atoms with Crippen molar-refractivity contribution in [1.29, 1.82) is 0 Å². The third-order valence-corrected chi connectivity index (χ3v) is 6.13. The Morgan fingerprint density at radius 2 is 1.68 bits per heavy atom. The van der Waals surface area contributed by atoms with Crippen LogP contribution in [0.25, 0.3) is 11.1 Å². The van der Waals surface area contributed by atoms with Crippen molar-refractivity contribution in [1.82, 2.24) is 9.55 Å². The van der Waals surface area contributed by atoms with Gasteiger partial charge in [-0.1, -0.05) is 61.5 Å². The number of hydrogen-bond acceptors (Lipinski definition) is 4. The van der Waals surface area contributed by atoms with Crippen LogP contribution in [0.2, 0.25) is 0 Å². The summed E-state index contributed by atoms with van der Waals surface area (Å²) in [6.07, 6.45) is 3.10. The lowest BCUT2D eigenvalue weighted by molar-refractivity contribution is -0.137. The number of hydrogen-bond donors (Lipinski definition) is 3. The minimum absolute atomic E-state index is 0.0659. The molecule has 0 unspecified atom stereocenters. The van der Waals surface area contributed by atoms with Gasteiger partial charge in [0.15, 0.2) is 0 Å². The molecule has 8 nitrogen and oxygen atoms in total. The van der Waals surface area contributed by atoms with Gasteiger partial charge in [0.25, 0.3) is 5.56 Å². The fourth-order valence-corrected chi connectivity index (χ4v) is 4.02. The first-order chi connectivity index (χ1) is 17.8. The van der Waals surface area contributed by atoms with E-state index in [0.29, 0.717) is 23.4 Å². The molecule has 0 spiro atoms. The Hall–Kier alpha value is -4.72. The Balaban J connectivity index is 1.44. The molecule has 1 atom stereocenters. The van der Waals surface area contributed by atoms with E-state index in [0.717, 1.165) is 22.4 Å². The highest BCUT2D eigenvalue weighted by molar-refractivity contribution is 6.00. The summed E-state index contributed by atoms with van der Waals surface area (Å²) in [5.41, 5.74) is 5.09. The number of nitrogens with zero attached hydrogens (tertiary/aromatic N) is 2. The number of aliphatic carboxylic acids is 1. The maximum atomic E-state index is 13.1. The van der Waals surface area contributed by atoms with Crippen LogP contribution in [0.4, 0.5) is 16.2 Å². The van der Waals surface area contributed by atoms with E-state index in [4.69, 9.17) is 5.11 Å². The van der Waals surface area contributed by atoms with Crippen molar-refractivity contribution in [2.45, 2.75) is 32.7 Å². The predicted octanol–water partition coefficient (Wildman–Crippen LogP) is 5.49. The fraction of sp³-hybridized carbons (Fsp3) is 0.172. The molecule has 0 aliphatic carbocycles. The van der Waals surface area contributed by atoms with E-state index in [1.54, 1.807) is 24.3 Å². The van der Waals surface area contributed by atoms with Crippen molar-refractivity contribution in [2.75, 3.05) is 10.6 Å². The SMILES string of the molecule is Cc1ccccc1NC(=O)Nc1ccc(-c2cncn(Cc3ccc([C@H](C)CC(=O)O)cc3)c2=O)cc1. The summed E-state index contributed by atoms with van der Waals surface area (Å²) < 4.78 is 1.53. The number of anilines is 2. The van der Waals surface area contributed by atoms with Gasteiger partial charge in [-0.3, -0.25) is 14.2 Å². The molecule has 4 rings (SSSR count). The van der Waals surface area contributed by atoms with Crippen molar-refractivity contribution >= 4 is 23.4 Å². The van der Waals surface area contributed by atoms with Gasteiger partial charge in [0.2, 0.25) is 0 Å². The second-order valence-corrected chi connectivity index (χ2v) is 8.95. The maximum absolute atomic E-state index is 13.1. The lowest BCUT2D eigenvalue weighted by Gasteiger charge is -2.12. The van der Waals surface area contributed by atoms with Gasteiger partial charge in [0, 0.05) is 17.6 Å². The average Bonchev–Trinajstić information content (AvgIpc) is 2.87. The van der Waals surface area contributed by atoms with Crippen LogP contribution in [0, 0.1) is 6.92 Å². The van der Waals surface area contributed by atoms with Crippen LogP contribution in [-0.4, -0.2) is 26.7 Å². The zero-order valence-electron chi connectivity index (χ0n) is 20.6. The first kappa shape index (κ1) is 25.4. The van der Waals surface area contributed by atoms with Crippen molar-refractivity contribution in [3.05, 3.63) is 112 Å². The Morgan fingerprint density at radius 3 is 2.35 bits per heavy atom. The van der Waals surface area contributed by atoms with E-state index in [1.807, 2.05) is 62.4 Å². The number of aryl methyl sites for hydroxylation is 1. The van der Waals surface area contributed by atoms with Gasteiger partial charge < -0.3 is 15.7 Å². The number of urea groups is 1. The highest BCUT2D eigenvalue weighted by Gasteiger charge is 2.12. The first-order valence-corrected chi connectivity index (χ1v) is 11.9. The summed E-state index contributed by atoms with van der Waals surface area (Å²) in [6.45, 7) is 4.13. The first-order valence-electron chi connectivity index (χ1n) is 11.9. The van der Waals surface area contributed by atoms with Gasteiger partial charge in [-0.15, -0.1) is 0 Å². The van der Waals surface area contributed by atoms with E-state index >= 15 is 0 Å². The minimum Gasteiger partial charge on any atom is -0.481 e. The number of carbonyl (C=O) groups excluding carboxylic acids is 1. The number of amides is 2. The van der Waals surface area contributed by atoms with Gasteiger partial charge in [0.05, 0.1) is 24.9 Å². The number of nitrogens with one attached hydrogen (secondary N) is 2. The second-order valence-electron chi connectivity index (χ2n) is 8.95. The van der Waals surface area contributed by atoms with Crippen LogP contribution in [0.5, 0.6) is 0 Å². The number of para-hydroxylation sites is 1. The lowest BCUT2D eigenvalue weighted by Crippen LogP contribution is -2.22. The molecule has 2 amide bonds. The van der Waals surface area contributed by atoms with Crippen LogP contribution in [-0.2, 0) is 11.3 Å². The molecular weight excluding hydrogens is 468 g/mol.